The molecule has 2 aromatic heterocycles. The first kappa shape index (κ1) is 16.8. The van der Waals surface area contributed by atoms with Gasteiger partial charge in [0.25, 0.3) is 5.89 Å². The van der Waals surface area contributed by atoms with Crippen LogP contribution in [0.4, 0.5) is 5.13 Å². The van der Waals surface area contributed by atoms with E-state index < -0.39 is 0 Å². The Hall–Kier alpha value is -2.69. The highest BCUT2D eigenvalue weighted by atomic mass is 32.1. The molecule has 1 fully saturated rings. The Morgan fingerprint density at radius 1 is 1.15 bits per heavy atom. The molecule has 0 aliphatic carbocycles. The first-order valence-electron chi connectivity index (χ1n) is 8.56. The van der Waals surface area contributed by atoms with Crippen LogP contribution in [0.5, 0.6) is 0 Å². The summed E-state index contributed by atoms with van der Waals surface area (Å²) < 4.78 is 5.22. The normalized spacial score (nSPS) is 14.9. The average Bonchev–Trinajstić information content (AvgIpc) is 3.32. The van der Waals surface area contributed by atoms with Crippen LogP contribution in [0, 0.1) is 18.8 Å². The minimum Gasteiger partial charge on any atom is -0.346 e. The Morgan fingerprint density at radius 2 is 1.96 bits per heavy atom. The second-order valence-corrected chi connectivity index (χ2v) is 7.09. The number of aromatic nitrogens is 3. The zero-order valence-electron chi connectivity index (χ0n) is 14.6. The SMILES string of the molecule is Cc1noc(-c2cnc(N3CCN(CC#Cc4ccccc4)CC3)s2)n1. The molecular weight excluding hydrogens is 346 g/mol. The van der Waals surface area contributed by atoms with Crippen molar-refractivity contribution in [2.75, 3.05) is 37.6 Å². The average molecular weight is 365 g/mol. The lowest BCUT2D eigenvalue weighted by Gasteiger charge is -2.33. The molecule has 3 heterocycles. The van der Waals surface area contributed by atoms with Crippen molar-refractivity contribution in [1.29, 1.82) is 0 Å². The van der Waals surface area contributed by atoms with Gasteiger partial charge in [0.05, 0.1) is 12.7 Å². The predicted molar refractivity (Wildman–Crippen MR) is 102 cm³/mol. The lowest BCUT2D eigenvalue weighted by atomic mass is 10.2. The van der Waals surface area contributed by atoms with E-state index in [-0.39, 0.29) is 0 Å². The van der Waals surface area contributed by atoms with Gasteiger partial charge in [-0.2, -0.15) is 4.98 Å². The Kier molecular flexibility index (Phi) is 4.95. The molecule has 1 aliphatic rings. The summed E-state index contributed by atoms with van der Waals surface area (Å²) in [6, 6.07) is 10.1. The predicted octanol–water partition coefficient (Wildman–Crippen LogP) is 2.68. The number of anilines is 1. The van der Waals surface area contributed by atoms with Crippen LogP contribution in [-0.4, -0.2) is 52.7 Å². The van der Waals surface area contributed by atoms with Crippen molar-refractivity contribution in [2.45, 2.75) is 6.92 Å². The smallest absolute Gasteiger partial charge is 0.269 e. The summed E-state index contributed by atoms with van der Waals surface area (Å²) in [5.74, 6) is 7.67. The van der Waals surface area contributed by atoms with Crippen molar-refractivity contribution in [1.82, 2.24) is 20.0 Å². The number of hydrogen-bond acceptors (Lipinski definition) is 7. The van der Waals surface area contributed by atoms with E-state index in [4.69, 9.17) is 4.52 Å². The van der Waals surface area contributed by atoms with E-state index in [9.17, 15) is 0 Å². The second-order valence-electron chi connectivity index (χ2n) is 6.08. The van der Waals surface area contributed by atoms with Gasteiger partial charge in [0, 0.05) is 31.7 Å². The third-order valence-corrected chi connectivity index (χ3v) is 5.23. The minimum absolute atomic E-state index is 0.543. The van der Waals surface area contributed by atoms with Crippen molar-refractivity contribution in [3.63, 3.8) is 0 Å². The highest BCUT2D eigenvalue weighted by Gasteiger charge is 2.20. The van der Waals surface area contributed by atoms with Crippen molar-refractivity contribution in [3.8, 4) is 22.6 Å². The van der Waals surface area contributed by atoms with E-state index in [1.165, 1.54) is 0 Å². The quantitative estimate of drug-likeness (QED) is 0.665. The van der Waals surface area contributed by atoms with Gasteiger partial charge < -0.3 is 9.42 Å². The summed E-state index contributed by atoms with van der Waals surface area (Å²) in [4.78, 5) is 14.4. The van der Waals surface area contributed by atoms with E-state index in [2.05, 4.69) is 36.8 Å². The topological polar surface area (TPSA) is 58.3 Å². The zero-order chi connectivity index (χ0) is 17.8. The van der Waals surface area contributed by atoms with Gasteiger partial charge in [0.15, 0.2) is 11.0 Å². The van der Waals surface area contributed by atoms with Gasteiger partial charge in [-0.3, -0.25) is 4.90 Å². The van der Waals surface area contributed by atoms with Gasteiger partial charge >= 0.3 is 0 Å². The standard InChI is InChI=1S/C19H19N5OS/c1-15-21-18(25-22-15)17-14-20-19(26-17)24-12-10-23(11-13-24)9-5-8-16-6-3-2-4-7-16/h2-4,6-7,14H,9-13H2,1H3. The molecule has 0 atom stereocenters. The molecule has 0 saturated carbocycles. The summed E-state index contributed by atoms with van der Waals surface area (Å²) in [5, 5.41) is 4.84. The summed E-state index contributed by atoms with van der Waals surface area (Å²) in [6.07, 6.45) is 1.81. The van der Waals surface area contributed by atoms with Crippen LogP contribution >= 0.6 is 11.3 Å². The maximum absolute atomic E-state index is 5.22. The van der Waals surface area contributed by atoms with Crippen LogP contribution < -0.4 is 4.90 Å². The molecule has 0 bridgehead atoms. The lowest BCUT2D eigenvalue weighted by Crippen LogP contribution is -2.46. The largest absolute Gasteiger partial charge is 0.346 e. The Labute approximate surface area is 156 Å². The van der Waals surface area contributed by atoms with Crippen LogP contribution in [0.1, 0.15) is 11.4 Å². The molecule has 0 radical (unpaired) electrons. The fraction of sp³-hybridized carbons (Fsp3) is 0.316. The third kappa shape index (κ3) is 3.93. The number of benzene rings is 1. The van der Waals surface area contributed by atoms with E-state index in [0.717, 1.165) is 48.3 Å². The molecule has 0 amide bonds. The molecule has 7 heteroatoms. The molecular formula is C19H19N5OS. The van der Waals surface area contributed by atoms with Crippen molar-refractivity contribution in [2.24, 2.45) is 0 Å². The summed E-state index contributed by atoms with van der Waals surface area (Å²) >= 11 is 1.59. The highest BCUT2D eigenvalue weighted by Crippen LogP contribution is 2.30. The maximum atomic E-state index is 5.22. The molecule has 1 aromatic carbocycles. The Bertz CT molecular complexity index is 916. The van der Waals surface area contributed by atoms with E-state index >= 15 is 0 Å². The summed E-state index contributed by atoms with van der Waals surface area (Å²) in [6.45, 7) is 6.48. The van der Waals surface area contributed by atoms with E-state index in [1.54, 1.807) is 11.3 Å². The van der Waals surface area contributed by atoms with Crippen LogP contribution in [-0.2, 0) is 0 Å². The number of thiazole rings is 1. The van der Waals surface area contributed by atoms with Crippen LogP contribution in [0.25, 0.3) is 10.8 Å². The van der Waals surface area contributed by atoms with Gasteiger partial charge in [0.1, 0.15) is 4.88 Å². The molecule has 1 saturated heterocycles. The summed E-state index contributed by atoms with van der Waals surface area (Å²) in [5.41, 5.74) is 1.07. The van der Waals surface area contributed by atoms with Gasteiger partial charge in [-0.1, -0.05) is 46.5 Å². The van der Waals surface area contributed by atoms with E-state index in [1.807, 2.05) is 43.5 Å². The zero-order valence-corrected chi connectivity index (χ0v) is 15.4. The first-order chi connectivity index (χ1) is 12.8. The second kappa shape index (κ2) is 7.68. The van der Waals surface area contributed by atoms with Gasteiger partial charge in [-0.05, 0) is 19.1 Å². The van der Waals surface area contributed by atoms with Crippen LogP contribution in [0.15, 0.2) is 41.1 Å². The molecule has 0 unspecified atom stereocenters. The molecule has 6 nitrogen and oxygen atoms in total. The minimum atomic E-state index is 0.543. The van der Waals surface area contributed by atoms with Crippen LogP contribution in [0.3, 0.4) is 0 Å². The molecule has 4 rings (SSSR count). The number of piperazine rings is 1. The van der Waals surface area contributed by atoms with Gasteiger partial charge in [0.2, 0.25) is 0 Å². The van der Waals surface area contributed by atoms with Crippen molar-refractivity contribution >= 4 is 16.5 Å². The Morgan fingerprint density at radius 3 is 2.69 bits per heavy atom. The fourth-order valence-electron chi connectivity index (χ4n) is 2.78. The molecule has 1 aliphatic heterocycles. The number of rotatable bonds is 3. The maximum Gasteiger partial charge on any atom is 0.269 e. The third-order valence-electron chi connectivity index (χ3n) is 4.18. The van der Waals surface area contributed by atoms with Gasteiger partial charge in [-0.15, -0.1) is 0 Å². The van der Waals surface area contributed by atoms with Crippen molar-refractivity contribution in [3.05, 3.63) is 47.9 Å². The molecule has 132 valence electrons. The number of nitrogens with zero attached hydrogens (tertiary/aromatic N) is 5. The fourth-order valence-corrected chi connectivity index (χ4v) is 3.67. The first-order valence-corrected chi connectivity index (χ1v) is 9.37. The molecule has 3 aromatic rings. The van der Waals surface area contributed by atoms with Crippen LogP contribution in [0.2, 0.25) is 0 Å². The monoisotopic (exact) mass is 365 g/mol. The number of aryl methyl sites for hydroxylation is 1. The molecule has 0 N–H and O–H groups in total. The molecule has 26 heavy (non-hydrogen) atoms. The lowest BCUT2D eigenvalue weighted by molar-refractivity contribution is 0.288. The summed E-state index contributed by atoms with van der Waals surface area (Å²) in [7, 11) is 0. The van der Waals surface area contributed by atoms with E-state index in [0.29, 0.717) is 11.7 Å². The Balaban J connectivity index is 1.31. The van der Waals surface area contributed by atoms with Gasteiger partial charge in [-0.25, -0.2) is 4.98 Å². The number of hydrogen-bond donors (Lipinski definition) is 0. The molecule has 0 spiro atoms. The van der Waals surface area contributed by atoms with Crippen molar-refractivity contribution < 1.29 is 4.52 Å². The highest BCUT2D eigenvalue weighted by molar-refractivity contribution is 7.18.